The molecule has 0 aliphatic carbocycles. The summed E-state index contributed by atoms with van der Waals surface area (Å²) in [4.78, 5) is 0. The van der Waals surface area contributed by atoms with E-state index >= 15 is 9.13 Å². The summed E-state index contributed by atoms with van der Waals surface area (Å²) in [6.07, 6.45) is 0. The molecular formula is C78H51N3O2P2. The first-order valence-corrected chi connectivity index (χ1v) is 32.2. The van der Waals surface area contributed by atoms with Gasteiger partial charge < -0.3 is 4.57 Å². The fourth-order valence-corrected chi connectivity index (χ4v) is 20.1. The predicted octanol–water partition coefficient (Wildman–Crippen LogP) is 19.7. The second-order valence-corrected chi connectivity index (χ2v) is 27.3. The zero-order valence-electron chi connectivity index (χ0n) is 46.0. The summed E-state index contributed by atoms with van der Waals surface area (Å²) >= 11 is 0. The van der Waals surface area contributed by atoms with E-state index in [9.17, 15) is 0 Å². The van der Waals surface area contributed by atoms with E-state index in [0.717, 1.165) is 132 Å². The lowest BCUT2D eigenvalue weighted by Crippen LogP contribution is -2.33. The third-order valence-electron chi connectivity index (χ3n) is 17.7. The normalized spacial score (nSPS) is 16.1. The van der Waals surface area contributed by atoms with E-state index < -0.39 is 14.6 Å². The Hall–Kier alpha value is -10.3. The van der Waals surface area contributed by atoms with Gasteiger partial charge in [-0.15, -0.1) is 0 Å². The minimum Gasteiger partial charge on any atom is -0.309 e. The lowest BCUT2D eigenvalue weighted by molar-refractivity contribution is 0.586. The van der Waals surface area contributed by atoms with Gasteiger partial charge in [0, 0.05) is 60.2 Å². The fraction of sp³-hybridized carbons (Fsp3) is 0. The molecule has 3 heterocycles. The van der Waals surface area contributed by atoms with Gasteiger partial charge in [-0.1, -0.05) is 200 Å². The van der Waals surface area contributed by atoms with Crippen LogP contribution in [-0.2, 0) is 9.13 Å². The highest BCUT2D eigenvalue weighted by Gasteiger charge is 2.45. The van der Waals surface area contributed by atoms with Gasteiger partial charge >= 0.3 is 0 Å². The van der Waals surface area contributed by atoms with E-state index in [4.69, 9.17) is 0 Å². The molecule has 2 aliphatic heterocycles. The quantitative estimate of drug-likeness (QED) is 0.118. The molecule has 0 amide bonds. The fourth-order valence-electron chi connectivity index (χ4n) is 14.0. The molecule has 17 rings (SSSR count). The topological polar surface area (TPSA) is 45.6 Å². The van der Waals surface area contributed by atoms with E-state index in [1.807, 2.05) is 72.8 Å². The molecule has 2 atom stereocenters. The molecule has 14 aromatic carbocycles. The molecule has 7 heteroatoms. The molecule has 0 spiro atoms. The molecule has 0 radical (unpaired) electrons. The van der Waals surface area contributed by atoms with Gasteiger partial charge in [0.05, 0.1) is 22.4 Å². The maximum Gasteiger partial charge on any atom is 0.234 e. The van der Waals surface area contributed by atoms with Crippen LogP contribution >= 0.6 is 14.6 Å². The van der Waals surface area contributed by atoms with Gasteiger partial charge in [-0.3, -0.25) is 18.5 Å². The summed E-state index contributed by atoms with van der Waals surface area (Å²) < 4.78 is 40.2. The van der Waals surface area contributed by atoms with Crippen LogP contribution in [0, 0.1) is 0 Å². The van der Waals surface area contributed by atoms with Gasteiger partial charge in [0.15, 0.2) is 0 Å². The predicted molar refractivity (Wildman–Crippen MR) is 359 cm³/mol. The van der Waals surface area contributed by atoms with Crippen LogP contribution in [0.4, 0.5) is 22.7 Å². The van der Waals surface area contributed by atoms with Crippen LogP contribution in [0.5, 0.6) is 0 Å². The first-order valence-electron chi connectivity index (χ1n) is 28.9. The number of aromatic nitrogens is 1. The number of hydrogen-bond donors (Lipinski definition) is 0. The van der Waals surface area contributed by atoms with Crippen LogP contribution in [0.2, 0.25) is 0 Å². The molecule has 0 N–H and O–H groups in total. The lowest BCUT2D eigenvalue weighted by Gasteiger charge is -2.41. The van der Waals surface area contributed by atoms with E-state index in [0.29, 0.717) is 0 Å². The highest BCUT2D eigenvalue weighted by Crippen LogP contribution is 2.64. The minimum atomic E-state index is -3.57. The number of hydrogen-bond acceptors (Lipinski definition) is 2. The second-order valence-electron chi connectivity index (χ2n) is 22.2. The lowest BCUT2D eigenvalue weighted by atomic mass is 9.89. The summed E-state index contributed by atoms with van der Waals surface area (Å²) in [6, 6.07) is 108. The molecule has 0 saturated heterocycles. The summed E-state index contributed by atoms with van der Waals surface area (Å²) in [5.74, 6) is 0. The number of benzene rings is 14. The largest absolute Gasteiger partial charge is 0.309 e. The Kier molecular flexibility index (Phi) is 11.1. The van der Waals surface area contributed by atoms with Crippen molar-refractivity contribution in [3.05, 3.63) is 309 Å². The van der Waals surface area contributed by atoms with Crippen LogP contribution < -0.4 is 30.6 Å². The van der Waals surface area contributed by atoms with Gasteiger partial charge in [-0.25, -0.2) is 0 Å². The summed E-state index contributed by atoms with van der Waals surface area (Å²) in [7, 11) is -7.11. The van der Waals surface area contributed by atoms with Crippen LogP contribution in [0.25, 0.3) is 104 Å². The zero-order valence-corrected chi connectivity index (χ0v) is 47.8. The van der Waals surface area contributed by atoms with Crippen LogP contribution in [0.3, 0.4) is 0 Å². The number of anilines is 4. The molecular weight excluding hydrogens is 1070 g/mol. The third kappa shape index (κ3) is 7.31. The van der Waals surface area contributed by atoms with Crippen molar-refractivity contribution >= 4 is 113 Å². The van der Waals surface area contributed by atoms with Crippen LogP contribution in [-0.4, -0.2) is 4.57 Å². The van der Waals surface area contributed by atoms with Crippen LogP contribution in [0.15, 0.2) is 309 Å². The Morgan fingerprint density at radius 1 is 0.247 bits per heavy atom. The van der Waals surface area contributed by atoms with Crippen molar-refractivity contribution in [1.82, 2.24) is 4.57 Å². The van der Waals surface area contributed by atoms with Gasteiger partial charge in [-0.2, -0.15) is 0 Å². The highest BCUT2D eigenvalue weighted by molar-refractivity contribution is 7.81. The van der Waals surface area contributed by atoms with Crippen molar-refractivity contribution in [1.29, 1.82) is 0 Å². The van der Waals surface area contributed by atoms with E-state index in [-0.39, 0.29) is 0 Å². The van der Waals surface area contributed by atoms with Gasteiger partial charge in [0.25, 0.3) is 0 Å². The Morgan fingerprint density at radius 2 is 0.718 bits per heavy atom. The third-order valence-corrected chi connectivity index (χ3v) is 23.8. The van der Waals surface area contributed by atoms with Crippen molar-refractivity contribution in [2.24, 2.45) is 0 Å². The molecule has 5 nitrogen and oxygen atoms in total. The molecule has 85 heavy (non-hydrogen) atoms. The highest BCUT2D eigenvalue weighted by atomic mass is 31.2. The van der Waals surface area contributed by atoms with Crippen molar-refractivity contribution in [2.75, 3.05) is 9.34 Å². The van der Waals surface area contributed by atoms with E-state index in [2.05, 4.69) is 250 Å². The first kappa shape index (κ1) is 49.3. The SMILES string of the molecule is O=P1(c2ccc3c4ccc(-c5cccc6c5-c5ccccc5P(=O)(c5ccccc5)N6c5ccc(-c6ccc7c(c6)c6ccccc6n7-c6ccccc6)cc5)cc4c4ccccc4c3c2)c2ccccc2-c2ccccc2N1c1ccccc1. The molecule has 2 aliphatic rings. The number of para-hydroxylation sites is 4. The summed E-state index contributed by atoms with van der Waals surface area (Å²) in [5.41, 5.74) is 15.3. The monoisotopic (exact) mass is 1120 g/mol. The van der Waals surface area contributed by atoms with Crippen molar-refractivity contribution in [3.63, 3.8) is 0 Å². The molecule has 0 bridgehead atoms. The van der Waals surface area contributed by atoms with E-state index in [1.54, 1.807) is 0 Å². The van der Waals surface area contributed by atoms with Crippen molar-refractivity contribution in [2.45, 2.75) is 0 Å². The van der Waals surface area contributed by atoms with Gasteiger partial charge in [-0.05, 0) is 175 Å². The Morgan fingerprint density at radius 3 is 1.46 bits per heavy atom. The van der Waals surface area contributed by atoms with Crippen LogP contribution in [0.1, 0.15) is 0 Å². The van der Waals surface area contributed by atoms with Gasteiger partial charge in [0.1, 0.15) is 0 Å². The zero-order chi connectivity index (χ0) is 56.4. The number of nitrogens with zero attached hydrogens (tertiary/aromatic N) is 3. The first-order chi connectivity index (χ1) is 41.9. The molecule has 400 valence electrons. The van der Waals surface area contributed by atoms with Gasteiger partial charge in [0.2, 0.25) is 14.6 Å². The number of fused-ring (bicyclic) bond motifs is 15. The maximum atomic E-state index is 16.8. The van der Waals surface area contributed by atoms with Crippen molar-refractivity contribution in [3.8, 4) is 50.2 Å². The molecule has 0 saturated carbocycles. The Bertz CT molecular complexity index is 5310. The maximum absolute atomic E-state index is 16.8. The summed E-state index contributed by atoms with van der Waals surface area (Å²) in [6.45, 7) is 0. The summed E-state index contributed by atoms with van der Waals surface area (Å²) in [5, 5.41) is 12.1. The standard InChI is InChI=1S/C78H51N3O2P2/c82-84(58-25-8-3-9-26-58)77-38-19-15-32-68(77)78-60(33-20-36-75(78)81(84)57-43-39-52(40-44-57)53-42-48-73-71(49-53)66-30-12-16-34-72(66)79(73)55-21-4-1-5-22-55)54-41-46-63-64-47-45-59(51-70(64)62-28-11-10-27-61(62)69(63)50-54)85(83)76-37-18-14-31-67(76)65-29-13-17-35-74(65)80(85)56-23-6-2-7-24-56/h1-51H. The Balaban J connectivity index is 0.817. The minimum absolute atomic E-state index is 0.769. The average Bonchev–Trinajstić information content (AvgIpc) is 1.56. The van der Waals surface area contributed by atoms with E-state index in [1.165, 1.54) is 16.3 Å². The Labute approximate surface area is 492 Å². The smallest absolute Gasteiger partial charge is 0.234 e. The molecule has 2 unspecified atom stereocenters. The molecule has 0 fully saturated rings. The molecule has 1 aromatic heterocycles. The number of rotatable bonds is 7. The average molecular weight is 1120 g/mol. The second kappa shape index (κ2) is 19.1. The molecule has 15 aromatic rings. The van der Waals surface area contributed by atoms with Crippen molar-refractivity contribution < 1.29 is 9.13 Å².